The molecule has 1 saturated heterocycles. The number of aromatic amines is 1. The Kier molecular flexibility index (Phi) is 4.58. The highest BCUT2D eigenvalue weighted by molar-refractivity contribution is 5.78. The Labute approximate surface area is 161 Å². The average Bonchev–Trinajstić information content (AvgIpc) is 3.08. The highest BCUT2D eigenvalue weighted by Gasteiger charge is 2.45. The number of carbonyl (C=O) groups excluding carboxylic acids is 1. The summed E-state index contributed by atoms with van der Waals surface area (Å²) in [7, 11) is 0. The molecular weight excluding hydrogens is 338 g/mol. The summed E-state index contributed by atoms with van der Waals surface area (Å²) in [5, 5.41) is 0. The monoisotopic (exact) mass is 367 g/mol. The molecule has 1 unspecified atom stereocenters. The molecule has 2 aliphatic rings. The Hall–Kier alpha value is -2.14. The number of imidazole rings is 1. The molecule has 1 fully saturated rings. The van der Waals surface area contributed by atoms with Gasteiger partial charge in [0, 0.05) is 31.4 Å². The summed E-state index contributed by atoms with van der Waals surface area (Å²) in [6.45, 7) is 8.52. The fourth-order valence-corrected chi connectivity index (χ4v) is 4.95. The van der Waals surface area contributed by atoms with E-state index in [4.69, 9.17) is 4.74 Å². The van der Waals surface area contributed by atoms with Gasteiger partial charge < -0.3 is 14.6 Å². The van der Waals surface area contributed by atoms with Gasteiger partial charge in [0.25, 0.3) is 0 Å². The number of aromatic nitrogens is 2. The highest BCUT2D eigenvalue weighted by atomic mass is 16.5. The van der Waals surface area contributed by atoms with Crippen LogP contribution < -0.4 is 0 Å². The summed E-state index contributed by atoms with van der Waals surface area (Å²) in [6, 6.07) is 8.52. The Morgan fingerprint density at radius 1 is 1.33 bits per heavy atom. The first-order valence-electron chi connectivity index (χ1n) is 9.88. The van der Waals surface area contributed by atoms with Crippen molar-refractivity contribution in [2.45, 2.75) is 64.0 Å². The van der Waals surface area contributed by atoms with Gasteiger partial charge in [0.2, 0.25) is 5.91 Å². The molecule has 5 nitrogen and oxygen atoms in total. The summed E-state index contributed by atoms with van der Waals surface area (Å²) >= 11 is 0. The largest absolute Gasteiger partial charge is 0.376 e. The quantitative estimate of drug-likeness (QED) is 0.903. The Bertz CT molecular complexity index is 842. The van der Waals surface area contributed by atoms with E-state index in [1.54, 1.807) is 6.33 Å². The van der Waals surface area contributed by atoms with Crippen LogP contribution in [0.4, 0.5) is 0 Å². The number of hydrogen-bond donors (Lipinski definition) is 1. The lowest BCUT2D eigenvalue weighted by atomic mass is 9.66. The summed E-state index contributed by atoms with van der Waals surface area (Å²) in [5.74, 6) is 0.233. The molecule has 3 heterocycles. The lowest BCUT2D eigenvalue weighted by molar-refractivity contribution is -0.137. The van der Waals surface area contributed by atoms with E-state index in [1.807, 2.05) is 4.90 Å². The lowest BCUT2D eigenvalue weighted by Gasteiger charge is -2.46. The van der Waals surface area contributed by atoms with Crippen LogP contribution >= 0.6 is 0 Å². The second-order valence-electron chi connectivity index (χ2n) is 8.70. The number of fused-ring (bicyclic) bond motifs is 1. The van der Waals surface area contributed by atoms with Crippen LogP contribution in [-0.2, 0) is 27.9 Å². The third-order valence-electron chi connectivity index (χ3n) is 6.17. The van der Waals surface area contributed by atoms with Gasteiger partial charge in [0.05, 0.1) is 29.9 Å². The van der Waals surface area contributed by atoms with Gasteiger partial charge >= 0.3 is 0 Å². The third-order valence-corrected chi connectivity index (χ3v) is 6.17. The number of ether oxygens (including phenoxy) is 1. The minimum atomic E-state index is -0.223. The summed E-state index contributed by atoms with van der Waals surface area (Å²) in [4.78, 5) is 22.9. The number of rotatable bonds is 3. The molecular formula is C22H29N3O2. The van der Waals surface area contributed by atoms with Gasteiger partial charge in [-0.2, -0.15) is 0 Å². The zero-order valence-corrected chi connectivity index (χ0v) is 16.5. The fraction of sp³-hybridized carbons (Fsp3) is 0.545. The Balaban J connectivity index is 1.62. The molecule has 1 atom stereocenters. The number of amides is 1. The SMILES string of the molecule is Cc1ccccc1C1(CC(=O)N2CCc3nc[nH]c3C2)CCOC(C)(C)C1. The zero-order valence-electron chi connectivity index (χ0n) is 16.5. The second kappa shape index (κ2) is 6.79. The normalized spacial score (nSPS) is 24.5. The van der Waals surface area contributed by atoms with Crippen molar-refractivity contribution in [2.75, 3.05) is 13.2 Å². The molecule has 0 radical (unpaired) electrons. The van der Waals surface area contributed by atoms with Gasteiger partial charge in [-0.05, 0) is 44.7 Å². The fourth-order valence-electron chi connectivity index (χ4n) is 4.95. The molecule has 4 rings (SSSR count). The van der Waals surface area contributed by atoms with Crippen molar-refractivity contribution in [2.24, 2.45) is 0 Å². The molecule has 0 spiro atoms. The predicted octanol–water partition coefficient (Wildman–Crippen LogP) is 3.52. The van der Waals surface area contributed by atoms with Crippen LogP contribution in [0.5, 0.6) is 0 Å². The highest BCUT2D eigenvalue weighted by Crippen LogP contribution is 2.45. The molecule has 1 aromatic heterocycles. The van der Waals surface area contributed by atoms with E-state index in [0.717, 1.165) is 37.2 Å². The Morgan fingerprint density at radius 2 is 2.15 bits per heavy atom. The van der Waals surface area contributed by atoms with Gasteiger partial charge in [-0.25, -0.2) is 4.98 Å². The van der Waals surface area contributed by atoms with Gasteiger partial charge in [-0.3, -0.25) is 4.79 Å². The molecule has 2 aromatic rings. The molecule has 0 aliphatic carbocycles. The topological polar surface area (TPSA) is 58.2 Å². The first kappa shape index (κ1) is 18.2. The molecule has 1 amide bonds. The summed E-state index contributed by atoms with van der Waals surface area (Å²) < 4.78 is 6.01. The molecule has 0 saturated carbocycles. The number of H-pyrrole nitrogens is 1. The first-order chi connectivity index (χ1) is 12.9. The van der Waals surface area contributed by atoms with Crippen LogP contribution in [0, 0.1) is 6.92 Å². The Morgan fingerprint density at radius 3 is 2.93 bits per heavy atom. The maximum atomic E-state index is 13.3. The molecule has 144 valence electrons. The lowest BCUT2D eigenvalue weighted by Crippen LogP contribution is -2.48. The van der Waals surface area contributed by atoms with Crippen molar-refractivity contribution >= 4 is 5.91 Å². The van der Waals surface area contributed by atoms with Gasteiger partial charge in [-0.1, -0.05) is 24.3 Å². The minimum absolute atomic E-state index is 0.168. The zero-order chi connectivity index (χ0) is 19.1. The van der Waals surface area contributed by atoms with Crippen molar-refractivity contribution in [3.05, 3.63) is 53.1 Å². The molecule has 27 heavy (non-hydrogen) atoms. The van der Waals surface area contributed by atoms with E-state index < -0.39 is 0 Å². The molecule has 0 bridgehead atoms. The van der Waals surface area contributed by atoms with Crippen LogP contribution in [0.2, 0.25) is 0 Å². The van der Waals surface area contributed by atoms with E-state index in [-0.39, 0.29) is 16.9 Å². The van der Waals surface area contributed by atoms with Crippen molar-refractivity contribution in [1.82, 2.24) is 14.9 Å². The average molecular weight is 367 g/mol. The molecule has 1 N–H and O–H groups in total. The van der Waals surface area contributed by atoms with Gasteiger partial charge in [0.15, 0.2) is 0 Å². The van der Waals surface area contributed by atoms with Crippen LogP contribution in [0.15, 0.2) is 30.6 Å². The number of nitrogens with one attached hydrogen (secondary N) is 1. The second-order valence-corrected chi connectivity index (χ2v) is 8.70. The van der Waals surface area contributed by atoms with Crippen molar-refractivity contribution < 1.29 is 9.53 Å². The van der Waals surface area contributed by atoms with E-state index in [0.29, 0.717) is 19.6 Å². The molecule has 2 aliphatic heterocycles. The van der Waals surface area contributed by atoms with E-state index in [1.165, 1.54) is 11.1 Å². The molecule has 1 aromatic carbocycles. The van der Waals surface area contributed by atoms with Crippen molar-refractivity contribution in [1.29, 1.82) is 0 Å². The van der Waals surface area contributed by atoms with Gasteiger partial charge in [0.1, 0.15) is 0 Å². The van der Waals surface area contributed by atoms with Crippen LogP contribution in [0.1, 0.15) is 55.6 Å². The summed E-state index contributed by atoms with van der Waals surface area (Å²) in [5.41, 5.74) is 4.34. The third kappa shape index (κ3) is 3.53. The first-order valence-corrected chi connectivity index (χ1v) is 9.88. The van der Waals surface area contributed by atoms with Gasteiger partial charge in [-0.15, -0.1) is 0 Å². The number of nitrogens with zero attached hydrogens (tertiary/aromatic N) is 2. The van der Waals surface area contributed by atoms with E-state index in [2.05, 4.69) is 55.0 Å². The van der Waals surface area contributed by atoms with E-state index in [9.17, 15) is 4.79 Å². The van der Waals surface area contributed by atoms with Crippen LogP contribution in [-0.4, -0.2) is 39.5 Å². The number of carbonyl (C=O) groups is 1. The predicted molar refractivity (Wildman–Crippen MR) is 104 cm³/mol. The van der Waals surface area contributed by atoms with Crippen LogP contribution in [0.3, 0.4) is 0 Å². The number of benzene rings is 1. The maximum Gasteiger partial charge on any atom is 0.223 e. The van der Waals surface area contributed by atoms with Crippen molar-refractivity contribution in [3.8, 4) is 0 Å². The standard InChI is InChI=1S/C22H29N3O2/c1-16-6-4-5-7-17(16)22(9-11-27-21(2,3)14-22)12-20(26)25-10-8-18-19(13-25)24-15-23-18/h4-7,15H,8-14H2,1-3H3,(H,23,24). The van der Waals surface area contributed by atoms with Crippen molar-refractivity contribution in [3.63, 3.8) is 0 Å². The van der Waals surface area contributed by atoms with E-state index >= 15 is 0 Å². The summed E-state index contributed by atoms with van der Waals surface area (Å²) in [6.07, 6.45) is 4.84. The number of aryl methyl sites for hydroxylation is 1. The smallest absolute Gasteiger partial charge is 0.223 e. The minimum Gasteiger partial charge on any atom is -0.376 e. The van der Waals surface area contributed by atoms with Crippen LogP contribution in [0.25, 0.3) is 0 Å². The number of hydrogen-bond acceptors (Lipinski definition) is 3. The maximum absolute atomic E-state index is 13.3. The molecule has 5 heteroatoms.